The third kappa shape index (κ3) is 5.96. The van der Waals surface area contributed by atoms with Crippen LogP contribution in [0.1, 0.15) is 24.7 Å². The molecule has 0 fully saturated rings. The van der Waals surface area contributed by atoms with E-state index in [-0.39, 0.29) is 16.7 Å². The Morgan fingerprint density at radius 2 is 1.00 bits per heavy atom. The van der Waals surface area contributed by atoms with E-state index in [0.717, 1.165) is 32.4 Å². The van der Waals surface area contributed by atoms with E-state index in [4.69, 9.17) is 27.5 Å². The van der Waals surface area contributed by atoms with Crippen molar-refractivity contribution in [3.05, 3.63) is 218 Å². The van der Waals surface area contributed by atoms with Gasteiger partial charge in [0.05, 0.1) is 35.7 Å². The van der Waals surface area contributed by atoms with Gasteiger partial charge in [0.15, 0.2) is 5.58 Å². The van der Waals surface area contributed by atoms with E-state index in [0.29, 0.717) is 38.7 Å². The number of benzene rings is 10. The zero-order valence-corrected chi connectivity index (χ0v) is 31.6. The lowest BCUT2D eigenvalue weighted by Gasteiger charge is -2.27. The molecule has 0 spiro atoms. The lowest BCUT2D eigenvalue weighted by atomic mass is 9.94. The Kier molecular flexibility index (Phi) is 4.95. The molecule has 0 saturated carbocycles. The molecule has 0 bridgehead atoms. The Morgan fingerprint density at radius 1 is 0.426 bits per heavy atom. The molecule has 0 atom stereocenters. The molecule has 0 saturated heterocycles. The van der Waals surface area contributed by atoms with Crippen LogP contribution in [0.4, 0.5) is 17.1 Å². The second kappa shape index (κ2) is 14.3. The number of oxazole rings is 1. The van der Waals surface area contributed by atoms with Crippen molar-refractivity contribution in [3.8, 4) is 44.8 Å². The molecule has 0 aliphatic rings. The Morgan fingerprint density at radius 3 is 1.67 bits per heavy atom. The van der Waals surface area contributed by atoms with Crippen LogP contribution in [0.2, 0.25) is 0 Å². The number of furan rings is 1. The molecule has 0 aliphatic carbocycles. The van der Waals surface area contributed by atoms with Gasteiger partial charge in [0.2, 0.25) is 5.89 Å². The van der Waals surface area contributed by atoms with Crippen LogP contribution in [0.5, 0.6) is 0 Å². The van der Waals surface area contributed by atoms with Crippen LogP contribution in [-0.2, 0) is 0 Å². The number of anilines is 3. The second-order valence-electron chi connectivity index (χ2n) is 14.1. The molecule has 4 nitrogen and oxygen atoms in total. The van der Waals surface area contributed by atoms with E-state index in [1.165, 1.54) is 0 Å². The minimum absolute atomic E-state index is 0.0268. The SMILES string of the molecule is [2H]c1c([2H])c([2H])c(-c2c([2H])c([2H])c(N(c3c([2H])c([2H])c(-c4c([2H])c([2H])c([2H])c([2H])c4[2H])c([2H])c3[2H])c3cc4ccccc4c4oc5cc(-c6ccc(-c7nc8ccccc8o7)c7ccccc67)ccc5c34)c([2H])c2[2H])c([2H])c1[2H]. The van der Waals surface area contributed by atoms with Crippen LogP contribution >= 0.6 is 0 Å². The van der Waals surface area contributed by atoms with Crippen molar-refractivity contribution in [1.29, 1.82) is 0 Å². The summed E-state index contributed by atoms with van der Waals surface area (Å²) in [4.78, 5) is 5.79. The Labute approximate surface area is 377 Å². The van der Waals surface area contributed by atoms with Crippen molar-refractivity contribution >= 4 is 71.6 Å². The first kappa shape index (κ1) is 21.2. The average Bonchev–Trinajstić information content (AvgIpc) is 4.32. The van der Waals surface area contributed by atoms with Gasteiger partial charge in [-0.05, 0) is 110 Å². The Balaban J connectivity index is 1.16. The highest BCUT2D eigenvalue weighted by Gasteiger charge is 2.23. The van der Waals surface area contributed by atoms with Gasteiger partial charge in [-0.1, -0.05) is 157 Å². The van der Waals surface area contributed by atoms with Crippen LogP contribution in [-0.4, -0.2) is 4.98 Å². The van der Waals surface area contributed by atoms with E-state index in [1.54, 1.807) is 36.4 Å². The fraction of sp³-hybridized carbons (Fsp3) is 0. The summed E-state index contributed by atoms with van der Waals surface area (Å²) < 4.78 is 175. The van der Waals surface area contributed by atoms with E-state index >= 15 is 0 Å². The monoisotopic (exact) mass is 798 g/mol. The highest BCUT2D eigenvalue weighted by atomic mass is 16.3. The Bertz CT molecular complexity index is 4400. The second-order valence-corrected chi connectivity index (χ2v) is 14.1. The zero-order valence-electron chi connectivity index (χ0n) is 49.6. The van der Waals surface area contributed by atoms with Crippen molar-refractivity contribution in [1.82, 2.24) is 4.98 Å². The van der Waals surface area contributed by atoms with Gasteiger partial charge < -0.3 is 13.7 Å². The molecule has 0 N–H and O–H groups in total. The average molecular weight is 799 g/mol. The number of nitrogens with zero attached hydrogens (tertiary/aromatic N) is 2. The quantitative estimate of drug-likeness (QED) is 0.161. The van der Waals surface area contributed by atoms with Crippen LogP contribution in [0.3, 0.4) is 0 Å². The number of hydrogen-bond acceptors (Lipinski definition) is 4. The van der Waals surface area contributed by atoms with Crippen molar-refractivity contribution in [2.75, 3.05) is 4.90 Å². The minimum Gasteiger partial charge on any atom is -0.455 e. The van der Waals surface area contributed by atoms with Gasteiger partial charge in [0.25, 0.3) is 0 Å². The van der Waals surface area contributed by atoms with Crippen LogP contribution in [0.15, 0.2) is 227 Å². The number of fused-ring (bicyclic) bond motifs is 7. The lowest BCUT2D eigenvalue weighted by Crippen LogP contribution is -2.10. The number of aromatic nitrogens is 1. The maximum absolute atomic E-state index is 9.73. The summed E-state index contributed by atoms with van der Waals surface area (Å²) in [5.74, 6) is 0.441. The van der Waals surface area contributed by atoms with E-state index in [9.17, 15) is 11.0 Å². The van der Waals surface area contributed by atoms with E-state index in [1.807, 2.05) is 72.8 Å². The third-order valence-corrected chi connectivity index (χ3v) is 10.6. The third-order valence-electron chi connectivity index (χ3n) is 10.6. The molecule has 286 valence electrons. The standard InChI is InChI=1S/C57H36N2O2/c1-3-13-37(14-4-1)39-23-28-43(29-24-39)59(44-30-25-40(26-31-44)38-15-5-2-6-16-38)52-35-41-17-7-8-18-46(41)56-55(52)50-32-27-42(36-54(50)60-56)45-33-34-49(48-20-10-9-19-47(45)48)57-58-51-21-11-12-22-53(51)61-57/h1-36H/i1D,2D,3D,4D,5D,6D,13D,14D,15D,16D,23D,24D,25D,26D,28D,29D,30D,31D. The summed E-state index contributed by atoms with van der Waals surface area (Å²) in [7, 11) is 0. The van der Waals surface area contributed by atoms with Gasteiger partial charge in [0, 0.05) is 27.7 Å². The maximum Gasteiger partial charge on any atom is 0.227 e. The summed E-state index contributed by atoms with van der Waals surface area (Å²) in [6.45, 7) is 0. The van der Waals surface area contributed by atoms with Gasteiger partial charge in [-0.15, -0.1) is 0 Å². The molecule has 2 heterocycles. The summed E-state index contributed by atoms with van der Waals surface area (Å²) in [5, 5.41) is 3.45. The summed E-state index contributed by atoms with van der Waals surface area (Å²) in [6, 6.07) is 18.4. The smallest absolute Gasteiger partial charge is 0.227 e. The summed E-state index contributed by atoms with van der Waals surface area (Å²) in [6.07, 6.45) is 0. The van der Waals surface area contributed by atoms with Gasteiger partial charge in [-0.2, -0.15) is 0 Å². The number of rotatable bonds is 7. The Hall–Kier alpha value is -8.21. The minimum atomic E-state index is -0.876. The fourth-order valence-corrected chi connectivity index (χ4v) is 7.85. The van der Waals surface area contributed by atoms with Crippen molar-refractivity contribution in [3.63, 3.8) is 0 Å². The summed E-state index contributed by atoms with van der Waals surface area (Å²) >= 11 is 0. The molecule has 4 heteroatoms. The van der Waals surface area contributed by atoms with Crippen molar-refractivity contribution < 1.29 is 33.5 Å². The first-order chi connectivity index (χ1) is 37.7. The molecular formula is C57H36N2O2. The van der Waals surface area contributed by atoms with Crippen molar-refractivity contribution in [2.24, 2.45) is 0 Å². The highest BCUT2D eigenvalue weighted by molar-refractivity contribution is 6.22. The first-order valence-electron chi connectivity index (χ1n) is 28.1. The van der Waals surface area contributed by atoms with Crippen LogP contribution in [0.25, 0.3) is 99.4 Å². The number of para-hydroxylation sites is 2. The largest absolute Gasteiger partial charge is 0.455 e. The van der Waals surface area contributed by atoms with Crippen LogP contribution < -0.4 is 4.90 Å². The van der Waals surface area contributed by atoms with Gasteiger partial charge in [-0.25, -0.2) is 4.98 Å². The molecule has 2 aromatic heterocycles. The normalized spacial score (nSPS) is 15.7. The maximum atomic E-state index is 9.73. The van der Waals surface area contributed by atoms with Gasteiger partial charge >= 0.3 is 0 Å². The molecule has 12 aromatic rings. The number of hydrogen-bond donors (Lipinski definition) is 0. The fourth-order valence-electron chi connectivity index (χ4n) is 7.85. The first-order valence-corrected chi connectivity index (χ1v) is 19.1. The van der Waals surface area contributed by atoms with Gasteiger partial charge in [0.1, 0.15) is 16.7 Å². The van der Waals surface area contributed by atoms with Crippen molar-refractivity contribution in [2.45, 2.75) is 0 Å². The molecule has 0 unspecified atom stereocenters. The highest BCUT2D eigenvalue weighted by Crippen LogP contribution is 2.47. The molecule has 12 rings (SSSR count). The topological polar surface area (TPSA) is 42.4 Å². The molecule has 10 aromatic carbocycles. The molecule has 0 amide bonds. The van der Waals surface area contributed by atoms with E-state index in [2.05, 4.69) is 0 Å². The predicted octanol–water partition coefficient (Wildman–Crippen LogP) is 16.2. The van der Waals surface area contributed by atoms with Crippen LogP contribution in [0, 0.1) is 0 Å². The lowest BCUT2D eigenvalue weighted by molar-refractivity contribution is 0.620. The molecule has 0 radical (unpaired) electrons. The molecule has 0 aliphatic heterocycles. The zero-order chi connectivity index (χ0) is 55.9. The van der Waals surface area contributed by atoms with Gasteiger partial charge in [-0.3, -0.25) is 0 Å². The predicted molar refractivity (Wildman–Crippen MR) is 253 cm³/mol. The van der Waals surface area contributed by atoms with E-state index < -0.39 is 142 Å². The molecule has 61 heavy (non-hydrogen) atoms. The summed E-state index contributed by atoms with van der Waals surface area (Å²) in [5.41, 5.74) is 0.362. The molecular weight excluding hydrogens is 745 g/mol.